The van der Waals surface area contributed by atoms with Gasteiger partial charge < -0.3 is 10.9 Å². The fourth-order valence-electron chi connectivity index (χ4n) is 0.806. The molecular weight excluding hydrogens is 154 g/mol. The normalized spacial score (nSPS) is 21.2. The van der Waals surface area contributed by atoms with Crippen molar-refractivity contribution in [3.8, 4) is 0 Å². The van der Waals surface area contributed by atoms with Gasteiger partial charge in [0, 0.05) is 6.08 Å². The molecule has 0 bridgehead atoms. The second kappa shape index (κ2) is 4.06. The van der Waals surface area contributed by atoms with Crippen molar-refractivity contribution >= 4 is 0 Å². The molecule has 3 N–H and O–H groups in total. The molecule has 12 heavy (non-hydrogen) atoms. The SMILES string of the molecule is C=C/C=C\C(=C/N)[NH+]([O-])N1CC1. The summed E-state index contributed by atoms with van der Waals surface area (Å²) in [6.07, 6.45) is 6.29. The van der Waals surface area contributed by atoms with Crippen molar-refractivity contribution in [2.24, 2.45) is 5.73 Å². The van der Waals surface area contributed by atoms with Crippen LogP contribution in [0.3, 0.4) is 0 Å². The smallest absolute Gasteiger partial charge is 0.166 e. The molecule has 1 aliphatic rings. The Kier molecular flexibility index (Phi) is 3.04. The van der Waals surface area contributed by atoms with Crippen molar-refractivity contribution in [3.63, 3.8) is 0 Å². The van der Waals surface area contributed by atoms with Gasteiger partial charge in [0.05, 0.1) is 19.3 Å². The van der Waals surface area contributed by atoms with Gasteiger partial charge in [-0.1, -0.05) is 18.7 Å². The summed E-state index contributed by atoms with van der Waals surface area (Å²) in [5.41, 5.74) is 5.81. The lowest BCUT2D eigenvalue weighted by atomic mass is 10.4. The van der Waals surface area contributed by atoms with Gasteiger partial charge in [-0.2, -0.15) is 0 Å². The zero-order chi connectivity index (χ0) is 8.97. The summed E-state index contributed by atoms with van der Waals surface area (Å²) in [6.45, 7) is 5.20. The third-order valence-corrected chi connectivity index (χ3v) is 1.57. The average molecular weight is 167 g/mol. The van der Waals surface area contributed by atoms with Crippen LogP contribution in [0.2, 0.25) is 0 Å². The number of allylic oxidation sites excluding steroid dienone is 3. The third-order valence-electron chi connectivity index (χ3n) is 1.57. The molecule has 0 amide bonds. The first-order chi connectivity index (χ1) is 5.79. The molecule has 1 rings (SSSR count). The fourth-order valence-corrected chi connectivity index (χ4v) is 0.806. The molecular formula is C8H13N3O. The van der Waals surface area contributed by atoms with E-state index in [0.29, 0.717) is 5.70 Å². The van der Waals surface area contributed by atoms with Crippen molar-refractivity contribution < 1.29 is 5.17 Å². The van der Waals surface area contributed by atoms with Crippen LogP contribution in [0.25, 0.3) is 0 Å². The van der Waals surface area contributed by atoms with E-state index >= 15 is 0 Å². The zero-order valence-electron chi connectivity index (χ0n) is 6.86. The summed E-state index contributed by atoms with van der Waals surface area (Å²) in [5.74, 6) is 0. The Morgan fingerprint density at radius 3 is 2.67 bits per heavy atom. The molecule has 0 aromatic carbocycles. The van der Waals surface area contributed by atoms with Crippen LogP contribution >= 0.6 is 0 Å². The maximum atomic E-state index is 11.3. The Bertz CT molecular complexity index is 218. The highest BCUT2D eigenvalue weighted by Crippen LogP contribution is 1.95. The molecule has 0 aliphatic carbocycles. The van der Waals surface area contributed by atoms with E-state index < -0.39 is 0 Å². The Morgan fingerprint density at radius 2 is 2.25 bits per heavy atom. The molecule has 0 radical (unpaired) electrons. The molecule has 1 saturated heterocycles. The molecule has 1 atom stereocenters. The van der Waals surface area contributed by atoms with Gasteiger partial charge in [-0.05, 0) is 0 Å². The van der Waals surface area contributed by atoms with Gasteiger partial charge >= 0.3 is 0 Å². The van der Waals surface area contributed by atoms with Gasteiger partial charge in [0.2, 0.25) is 0 Å². The molecule has 1 fully saturated rings. The van der Waals surface area contributed by atoms with Crippen LogP contribution in [-0.2, 0) is 0 Å². The summed E-state index contributed by atoms with van der Waals surface area (Å²) in [7, 11) is 0. The van der Waals surface area contributed by atoms with E-state index in [1.54, 1.807) is 23.2 Å². The van der Waals surface area contributed by atoms with Crippen molar-refractivity contribution in [3.05, 3.63) is 41.9 Å². The Balaban J connectivity index is 2.54. The Morgan fingerprint density at radius 1 is 1.58 bits per heavy atom. The second-order valence-electron chi connectivity index (χ2n) is 2.51. The van der Waals surface area contributed by atoms with E-state index in [2.05, 4.69) is 6.58 Å². The Hall–Kier alpha value is -1.10. The molecule has 4 heteroatoms. The minimum Gasteiger partial charge on any atom is -0.608 e. The number of hydrogen-bond acceptors (Lipinski definition) is 3. The lowest BCUT2D eigenvalue weighted by molar-refractivity contribution is -0.910. The molecule has 1 heterocycles. The summed E-state index contributed by atoms with van der Waals surface area (Å²) < 4.78 is 0. The fraction of sp³-hybridized carbons (Fsp3) is 0.250. The summed E-state index contributed by atoms with van der Waals surface area (Å²) in [6, 6.07) is 0. The lowest BCUT2D eigenvalue weighted by Gasteiger charge is -2.21. The largest absolute Gasteiger partial charge is 0.608 e. The average Bonchev–Trinajstić information content (AvgIpc) is 2.88. The molecule has 4 nitrogen and oxygen atoms in total. The maximum absolute atomic E-state index is 11.3. The van der Waals surface area contributed by atoms with Crippen molar-refractivity contribution in [1.29, 1.82) is 0 Å². The van der Waals surface area contributed by atoms with E-state index in [0.717, 1.165) is 13.1 Å². The van der Waals surface area contributed by atoms with Crippen molar-refractivity contribution in [2.75, 3.05) is 13.1 Å². The second-order valence-corrected chi connectivity index (χ2v) is 2.51. The molecule has 66 valence electrons. The van der Waals surface area contributed by atoms with Crippen LogP contribution in [0, 0.1) is 5.21 Å². The zero-order valence-corrected chi connectivity index (χ0v) is 6.86. The van der Waals surface area contributed by atoms with Crippen LogP contribution in [0.15, 0.2) is 36.7 Å². The number of hydroxylamine groups is 1. The number of quaternary nitrogens is 1. The summed E-state index contributed by atoms with van der Waals surface area (Å²) >= 11 is 0. The van der Waals surface area contributed by atoms with E-state index in [1.165, 1.54) is 6.20 Å². The van der Waals surface area contributed by atoms with Crippen LogP contribution < -0.4 is 10.9 Å². The van der Waals surface area contributed by atoms with E-state index in [9.17, 15) is 5.21 Å². The number of rotatable bonds is 4. The maximum Gasteiger partial charge on any atom is 0.166 e. The van der Waals surface area contributed by atoms with Crippen LogP contribution in [0.4, 0.5) is 0 Å². The van der Waals surface area contributed by atoms with Gasteiger partial charge in [-0.3, -0.25) is 5.17 Å². The molecule has 0 saturated carbocycles. The van der Waals surface area contributed by atoms with Gasteiger partial charge in [-0.25, -0.2) is 0 Å². The van der Waals surface area contributed by atoms with Crippen LogP contribution in [0.5, 0.6) is 0 Å². The minimum atomic E-state index is -0.00407. The monoisotopic (exact) mass is 167 g/mol. The highest BCUT2D eigenvalue weighted by atomic mass is 16.6. The van der Waals surface area contributed by atoms with E-state index in [-0.39, 0.29) is 5.17 Å². The molecule has 0 spiro atoms. The Labute approximate surface area is 71.8 Å². The number of nitrogens with two attached hydrogens (primary N) is 1. The predicted octanol–water partition coefficient (Wildman–Crippen LogP) is -0.858. The van der Waals surface area contributed by atoms with Crippen LogP contribution in [0.1, 0.15) is 0 Å². The first kappa shape index (κ1) is 8.99. The van der Waals surface area contributed by atoms with Crippen molar-refractivity contribution in [1.82, 2.24) is 5.01 Å². The number of nitrogens with one attached hydrogen (secondary N) is 1. The van der Waals surface area contributed by atoms with E-state index in [4.69, 9.17) is 5.73 Å². The van der Waals surface area contributed by atoms with Gasteiger partial charge in [0.25, 0.3) is 0 Å². The topological polar surface area (TPSA) is 56.5 Å². The first-order valence-electron chi connectivity index (χ1n) is 3.80. The third kappa shape index (κ3) is 2.20. The molecule has 0 aromatic rings. The van der Waals surface area contributed by atoms with Gasteiger partial charge in [0.15, 0.2) is 5.70 Å². The number of hydrogen-bond donors (Lipinski definition) is 2. The lowest BCUT2D eigenvalue weighted by Crippen LogP contribution is -3.08. The predicted molar refractivity (Wildman–Crippen MR) is 47.5 cm³/mol. The van der Waals surface area contributed by atoms with E-state index in [1.807, 2.05) is 0 Å². The summed E-state index contributed by atoms with van der Waals surface area (Å²) in [4.78, 5) is 0. The summed E-state index contributed by atoms with van der Waals surface area (Å²) in [5, 5.41) is 13.0. The first-order valence-corrected chi connectivity index (χ1v) is 3.80. The van der Waals surface area contributed by atoms with Crippen molar-refractivity contribution in [2.45, 2.75) is 0 Å². The van der Waals surface area contributed by atoms with Gasteiger partial charge in [0.1, 0.15) is 0 Å². The minimum absolute atomic E-state index is 0.00407. The number of nitrogens with zero attached hydrogens (tertiary/aromatic N) is 1. The molecule has 1 unspecified atom stereocenters. The highest BCUT2D eigenvalue weighted by Gasteiger charge is 2.26. The van der Waals surface area contributed by atoms with Crippen LogP contribution in [-0.4, -0.2) is 18.1 Å². The standard InChI is InChI=1S/C8H13N3O/c1-2-3-4-8(7-9)11(12)10-5-6-10/h2-4,7,11H,1,5-6,9H2/b4-3-,8-7+. The molecule has 0 aromatic heterocycles. The quantitative estimate of drug-likeness (QED) is 0.325. The highest BCUT2D eigenvalue weighted by molar-refractivity contribution is 5.13. The molecule has 1 aliphatic heterocycles. The van der Waals surface area contributed by atoms with Gasteiger partial charge in [-0.15, -0.1) is 5.01 Å².